The van der Waals surface area contributed by atoms with Gasteiger partial charge in [-0.05, 0) is 25.8 Å². The summed E-state index contributed by atoms with van der Waals surface area (Å²) in [4.78, 5) is 23.6. The third-order valence-corrected chi connectivity index (χ3v) is 3.88. The maximum absolute atomic E-state index is 12.3. The molecule has 1 aromatic rings. The van der Waals surface area contributed by atoms with Crippen LogP contribution in [0.15, 0.2) is 6.07 Å². The highest BCUT2D eigenvalue weighted by atomic mass is 16.4. The molecule has 0 bridgehead atoms. The number of nitrogens with zero attached hydrogens (tertiary/aromatic N) is 2. The Morgan fingerprint density at radius 3 is 2.65 bits per heavy atom. The lowest BCUT2D eigenvalue weighted by molar-refractivity contribution is -0.142. The predicted octanol–water partition coefficient (Wildman–Crippen LogP) is 1.49. The Morgan fingerprint density at radius 2 is 2.05 bits per heavy atom. The van der Waals surface area contributed by atoms with Crippen molar-refractivity contribution < 1.29 is 14.7 Å². The second-order valence-electron chi connectivity index (χ2n) is 5.46. The first-order valence-electron chi connectivity index (χ1n) is 7.03. The highest BCUT2D eigenvalue weighted by Gasteiger charge is 2.31. The Labute approximate surface area is 118 Å². The topological polar surface area (TPSA) is 84.2 Å². The van der Waals surface area contributed by atoms with Gasteiger partial charge < -0.3 is 10.4 Å². The molecular formula is C14H21N3O3. The van der Waals surface area contributed by atoms with Crippen LogP contribution in [0.25, 0.3) is 0 Å². The molecule has 1 aliphatic carbocycles. The lowest BCUT2D eigenvalue weighted by Crippen LogP contribution is -2.43. The Hall–Kier alpha value is -1.85. The number of carboxylic acid groups (broad SMARTS) is 1. The summed E-state index contributed by atoms with van der Waals surface area (Å²) < 4.78 is 1.52. The van der Waals surface area contributed by atoms with Crippen LogP contribution in [0.2, 0.25) is 0 Å². The van der Waals surface area contributed by atoms with E-state index in [4.69, 9.17) is 0 Å². The molecule has 110 valence electrons. The molecule has 1 fully saturated rings. The van der Waals surface area contributed by atoms with Gasteiger partial charge in [0.2, 0.25) is 0 Å². The van der Waals surface area contributed by atoms with Crippen LogP contribution in [-0.2, 0) is 11.8 Å². The molecule has 0 spiro atoms. The van der Waals surface area contributed by atoms with Crippen molar-refractivity contribution in [3.8, 4) is 0 Å². The number of hydrogen-bond acceptors (Lipinski definition) is 3. The number of aliphatic carboxylic acids is 1. The van der Waals surface area contributed by atoms with Crippen molar-refractivity contribution in [1.82, 2.24) is 15.1 Å². The van der Waals surface area contributed by atoms with Gasteiger partial charge in [0.15, 0.2) is 0 Å². The van der Waals surface area contributed by atoms with Crippen molar-refractivity contribution in [2.24, 2.45) is 13.0 Å². The van der Waals surface area contributed by atoms with Gasteiger partial charge in [-0.1, -0.05) is 19.3 Å². The summed E-state index contributed by atoms with van der Waals surface area (Å²) in [7, 11) is 1.71. The lowest BCUT2D eigenvalue weighted by atomic mass is 9.95. The van der Waals surface area contributed by atoms with Gasteiger partial charge in [-0.3, -0.25) is 14.3 Å². The second-order valence-corrected chi connectivity index (χ2v) is 5.46. The third kappa shape index (κ3) is 3.18. The molecule has 1 saturated carbocycles. The van der Waals surface area contributed by atoms with E-state index < -0.39 is 11.9 Å². The van der Waals surface area contributed by atoms with Crippen LogP contribution in [0.5, 0.6) is 0 Å². The quantitative estimate of drug-likeness (QED) is 0.821. The molecule has 1 heterocycles. The van der Waals surface area contributed by atoms with E-state index in [1.54, 1.807) is 13.1 Å². The highest BCUT2D eigenvalue weighted by molar-refractivity contribution is 5.93. The van der Waals surface area contributed by atoms with Crippen LogP contribution in [0.3, 0.4) is 0 Å². The highest BCUT2D eigenvalue weighted by Crippen LogP contribution is 2.24. The Balaban J connectivity index is 2.11. The minimum absolute atomic E-state index is 0.244. The number of carboxylic acids is 1. The van der Waals surface area contributed by atoms with E-state index in [0.29, 0.717) is 12.1 Å². The number of hydrogen-bond donors (Lipinski definition) is 2. The van der Waals surface area contributed by atoms with E-state index >= 15 is 0 Å². The average Bonchev–Trinajstić information content (AvgIpc) is 2.60. The molecule has 0 unspecified atom stereocenters. The van der Waals surface area contributed by atoms with E-state index in [1.807, 2.05) is 6.92 Å². The van der Waals surface area contributed by atoms with Crippen LogP contribution in [0, 0.1) is 12.8 Å². The van der Waals surface area contributed by atoms with Crippen molar-refractivity contribution in [3.05, 3.63) is 17.5 Å². The fourth-order valence-corrected chi connectivity index (χ4v) is 2.84. The Morgan fingerprint density at radius 1 is 1.35 bits per heavy atom. The first-order valence-corrected chi connectivity index (χ1v) is 7.03. The van der Waals surface area contributed by atoms with Crippen LogP contribution in [0.4, 0.5) is 0 Å². The minimum atomic E-state index is -0.821. The standard InChI is InChI=1S/C14H21N3O3/c1-9-8-12(17(2)16-9)13(18)15-11-7-5-3-4-6-10(11)14(19)20/h8,10-11H,3-7H2,1-2H3,(H,15,18)(H,19,20)/t10-,11+/m1/s1. The van der Waals surface area contributed by atoms with Crippen LogP contribution in [-0.4, -0.2) is 32.8 Å². The first-order chi connectivity index (χ1) is 9.49. The van der Waals surface area contributed by atoms with Gasteiger partial charge in [-0.2, -0.15) is 5.10 Å². The number of carbonyl (C=O) groups excluding carboxylic acids is 1. The molecule has 2 rings (SSSR count). The summed E-state index contributed by atoms with van der Waals surface area (Å²) in [6.45, 7) is 1.82. The summed E-state index contributed by atoms with van der Waals surface area (Å²) >= 11 is 0. The third-order valence-electron chi connectivity index (χ3n) is 3.88. The van der Waals surface area contributed by atoms with Crippen molar-refractivity contribution in [1.29, 1.82) is 0 Å². The molecule has 0 saturated heterocycles. The second kappa shape index (κ2) is 6.07. The summed E-state index contributed by atoms with van der Waals surface area (Å²) in [5, 5.41) is 16.3. The molecule has 1 amide bonds. The molecular weight excluding hydrogens is 258 g/mol. The molecule has 0 radical (unpaired) electrons. The van der Waals surface area contributed by atoms with E-state index in [1.165, 1.54) is 4.68 Å². The van der Waals surface area contributed by atoms with Crippen LogP contribution >= 0.6 is 0 Å². The van der Waals surface area contributed by atoms with Gasteiger partial charge in [0.25, 0.3) is 5.91 Å². The van der Waals surface area contributed by atoms with E-state index in [2.05, 4.69) is 10.4 Å². The molecule has 1 aromatic heterocycles. The van der Waals surface area contributed by atoms with E-state index in [9.17, 15) is 14.7 Å². The fraction of sp³-hybridized carbons (Fsp3) is 0.643. The molecule has 0 aromatic carbocycles. The van der Waals surface area contributed by atoms with Gasteiger partial charge in [0.05, 0.1) is 11.6 Å². The number of aryl methyl sites for hydroxylation is 2. The molecule has 2 atom stereocenters. The molecule has 1 aliphatic rings. The Bertz CT molecular complexity index is 510. The molecule has 6 heteroatoms. The number of amides is 1. The van der Waals surface area contributed by atoms with Crippen molar-refractivity contribution >= 4 is 11.9 Å². The summed E-state index contributed by atoms with van der Waals surface area (Å²) in [5.41, 5.74) is 1.24. The molecule has 0 aliphatic heterocycles. The number of aromatic nitrogens is 2. The molecule has 2 N–H and O–H groups in total. The zero-order valence-corrected chi connectivity index (χ0v) is 11.9. The lowest BCUT2D eigenvalue weighted by Gasteiger charge is -2.22. The maximum atomic E-state index is 12.3. The molecule has 20 heavy (non-hydrogen) atoms. The maximum Gasteiger partial charge on any atom is 0.308 e. The van der Waals surface area contributed by atoms with Crippen molar-refractivity contribution in [2.75, 3.05) is 0 Å². The largest absolute Gasteiger partial charge is 0.481 e. The SMILES string of the molecule is Cc1cc(C(=O)N[C@H]2CCCCC[C@H]2C(=O)O)n(C)n1. The summed E-state index contributed by atoms with van der Waals surface area (Å²) in [5.74, 6) is -1.56. The zero-order valence-electron chi connectivity index (χ0n) is 11.9. The minimum Gasteiger partial charge on any atom is -0.481 e. The van der Waals surface area contributed by atoms with E-state index in [-0.39, 0.29) is 11.9 Å². The smallest absolute Gasteiger partial charge is 0.308 e. The van der Waals surface area contributed by atoms with Gasteiger partial charge in [0, 0.05) is 13.1 Å². The van der Waals surface area contributed by atoms with Crippen molar-refractivity contribution in [3.63, 3.8) is 0 Å². The Kier molecular flexibility index (Phi) is 4.42. The number of carbonyl (C=O) groups is 2. The van der Waals surface area contributed by atoms with Gasteiger partial charge in [-0.25, -0.2) is 0 Å². The van der Waals surface area contributed by atoms with E-state index in [0.717, 1.165) is 31.4 Å². The first kappa shape index (κ1) is 14.6. The van der Waals surface area contributed by atoms with Crippen LogP contribution < -0.4 is 5.32 Å². The predicted molar refractivity (Wildman–Crippen MR) is 73.4 cm³/mol. The fourth-order valence-electron chi connectivity index (χ4n) is 2.84. The van der Waals surface area contributed by atoms with Crippen LogP contribution in [0.1, 0.15) is 48.3 Å². The average molecular weight is 279 g/mol. The van der Waals surface area contributed by atoms with Gasteiger partial charge in [0.1, 0.15) is 5.69 Å². The van der Waals surface area contributed by atoms with Gasteiger partial charge in [-0.15, -0.1) is 0 Å². The zero-order chi connectivity index (χ0) is 14.7. The number of rotatable bonds is 3. The summed E-state index contributed by atoms with van der Waals surface area (Å²) in [6.07, 6.45) is 4.25. The van der Waals surface area contributed by atoms with Crippen molar-refractivity contribution in [2.45, 2.75) is 45.1 Å². The summed E-state index contributed by atoms with van der Waals surface area (Å²) in [6, 6.07) is 1.42. The van der Waals surface area contributed by atoms with Gasteiger partial charge >= 0.3 is 5.97 Å². The normalized spacial score (nSPS) is 23.1. The monoisotopic (exact) mass is 279 g/mol. The number of nitrogens with one attached hydrogen (secondary N) is 1. The molecule has 6 nitrogen and oxygen atoms in total.